The maximum absolute atomic E-state index is 12.2. The monoisotopic (exact) mass is 264 g/mol. The highest BCUT2D eigenvalue weighted by Gasteiger charge is 2.13. The third kappa shape index (κ3) is 2.11. The second-order valence-electron chi connectivity index (χ2n) is 4.04. The topological polar surface area (TPSA) is 54.9 Å². The van der Waals surface area contributed by atoms with Gasteiger partial charge < -0.3 is 0 Å². The number of benzene rings is 1. The maximum Gasteiger partial charge on any atom is 0.329 e. The first-order valence-electron chi connectivity index (χ1n) is 5.64. The molecule has 0 aliphatic heterocycles. The third-order valence-electron chi connectivity index (χ3n) is 2.76. The van der Waals surface area contributed by atoms with Gasteiger partial charge in [0.1, 0.15) is 5.15 Å². The van der Waals surface area contributed by atoms with E-state index in [0.29, 0.717) is 17.7 Å². The van der Waals surface area contributed by atoms with Gasteiger partial charge in [-0.25, -0.2) is 4.79 Å². The molecule has 0 amide bonds. The van der Waals surface area contributed by atoms with Crippen molar-refractivity contribution >= 4 is 11.6 Å². The number of H-pyrrole nitrogens is 1. The van der Waals surface area contributed by atoms with Gasteiger partial charge in [-0.1, -0.05) is 41.4 Å². The molecule has 2 aromatic rings. The maximum atomic E-state index is 12.2. The number of aromatic nitrogens is 2. The fraction of sp³-hybridized carbons (Fsp3) is 0.231. The van der Waals surface area contributed by atoms with E-state index in [9.17, 15) is 9.59 Å². The number of aryl methyl sites for hydroxylation is 1. The predicted molar refractivity (Wildman–Crippen MR) is 72.2 cm³/mol. The van der Waals surface area contributed by atoms with Crippen molar-refractivity contribution in [2.45, 2.75) is 20.4 Å². The van der Waals surface area contributed by atoms with Crippen molar-refractivity contribution in [3.63, 3.8) is 0 Å². The molecule has 0 radical (unpaired) electrons. The third-order valence-corrected chi connectivity index (χ3v) is 3.05. The fourth-order valence-electron chi connectivity index (χ4n) is 1.88. The van der Waals surface area contributed by atoms with Gasteiger partial charge in [-0.3, -0.25) is 14.3 Å². The van der Waals surface area contributed by atoms with Gasteiger partial charge in [0.15, 0.2) is 0 Å². The molecule has 0 bridgehead atoms. The van der Waals surface area contributed by atoms with Gasteiger partial charge in [0.25, 0.3) is 5.56 Å². The van der Waals surface area contributed by atoms with Crippen molar-refractivity contribution in [3.8, 4) is 11.1 Å². The molecule has 1 aromatic carbocycles. The van der Waals surface area contributed by atoms with Crippen molar-refractivity contribution in [1.82, 2.24) is 9.55 Å². The first-order valence-corrected chi connectivity index (χ1v) is 6.02. The molecule has 0 saturated carbocycles. The molecule has 0 saturated heterocycles. The average molecular weight is 265 g/mol. The van der Waals surface area contributed by atoms with Crippen LogP contribution in [0.1, 0.15) is 12.5 Å². The lowest BCUT2D eigenvalue weighted by atomic mass is 10.1. The highest BCUT2D eigenvalue weighted by Crippen LogP contribution is 2.22. The SMILES string of the molecule is CCn1c(=O)[nH]c(Cl)c(-c2cccc(C)c2)c1=O. The van der Waals surface area contributed by atoms with E-state index in [-0.39, 0.29) is 10.7 Å². The van der Waals surface area contributed by atoms with Gasteiger partial charge in [0.05, 0.1) is 5.56 Å². The molecule has 2 rings (SSSR count). The Morgan fingerprint density at radius 2 is 2.06 bits per heavy atom. The molecule has 5 heteroatoms. The highest BCUT2D eigenvalue weighted by molar-refractivity contribution is 6.32. The molecule has 18 heavy (non-hydrogen) atoms. The summed E-state index contributed by atoms with van der Waals surface area (Å²) in [5.74, 6) is 0. The van der Waals surface area contributed by atoms with Gasteiger partial charge in [-0.2, -0.15) is 0 Å². The van der Waals surface area contributed by atoms with E-state index in [2.05, 4.69) is 4.98 Å². The van der Waals surface area contributed by atoms with Crippen LogP contribution in [0.3, 0.4) is 0 Å². The normalized spacial score (nSPS) is 10.6. The summed E-state index contributed by atoms with van der Waals surface area (Å²) in [4.78, 5) is 26.3. The van der Waals surface area contributed by atoms with Crippen LogP contribution in [0.5, 0.6) is 0 Å². The van der Waals surface area contributed by atoms with Gasteiger partial charge >= 0.3 is 5.69 Å². The number of halogens is 1. The standard InChI is InChI=1S/C13H13ClN2O2/c1-3-16-12(17)10(11(14)15-13(16)18)9-6-4-5-8(2)7-9/h4-7H,3H2,1-2H3,(H,15,18). The van der Waals surface area contributed by atoms with Gasteiger partial charge in [-0.15, -0.1) is 0 Å². The van der Waals surface area contributed by atoms with E-state index < -0.39 is 5.69 Å². The Balaban J connectivity index is 2.80. The van der Waals surface area contributed by atoms with Crippen LogP contribution in [0.2, 0.25) is 5.15 Å². The smallest absolute Gasteiger partial charge is 0.297 e. The van der Waals surface area contributed by atoms with E-state index in [1.54, 1.807) is 13.0 Å². The van der Waals surface area contributed by atoms with Crippen LogP contribution in [0.15, 0.2) is 33.9 Å². The van der Waals surface area contributed by atoms with Gasteiger partial charge in [0, 0.05) is 6.54 Å². The van der Waals surface area contributed by atoms with Crippen molar-refractivity contribution in [1.29, 1.82) is 0 Å². The van der Waals surface area contributed by atoms with Crippen LogP contribution in [0, 0.1) is 6.92 Å². The first-order chi connectivity index (χ1) is 8.54. The van der Waals surface area contributed by atoms with Crippen LogP contribution in [-0.2, 0) is 6.54 Å². The molecule has 1 N–H and O–H groups in total. The van der Waals surface area contributed by atoms with E-state index in [1.165, 1.54) is 0 Å². The Hall–Kier alpha value is -1.81. The highest BCUT2D eigenvalue weighted by atomic mass is 35.5. The number of nitrogens with zero attached hydrogens (tertiary/aromatic N) is 1. The van der Waals surface area contributed by atoms with Crippen molar-refractivity contribution in [2.75, 3.05) is 0 Å². The zero-order valence-electron chi connectivity index (χ0n) is 10.2. The number of rotatable bonds is 2. The van der Waals surface area contributed by atoms with Crippen LogP contribution in [0.25, 0.3) is 11.1 Å². The molecular formula is C13H13ClN2O2. The summed E-state index contributed by atoms with van der Waals surface area (Å²) < 4.78 is 1.13. The Morgan fingerprint density at radius 1 is 1.33 bits per heavy atom. The molecule has 0 aliphatic rings. The summed E-state index contributed by atoms with van der Waals surface area (Å²) in [5.41, 5.74) is 1.23. The summed E-state index contributed by atoms with van der Waals surface area (Å²) in [5, 5.41) is 0.0836. The summed E-state index contributed by atoms with van der Waals surface area (Å²) in [6, 6.07) is 7.44. The number of nitrogens with one attached hydrogen (secondary N) is 1. The summed E-state index contributed by atoms with van der Waals surface area (Å²) in [6.45, 7) is 3.98. The van der Waals surface area contributed by atoms with Gasteiger partial charge in [-0.05, 0) is 19.4 Å². The van der Waals surface area contributed by atoms with Crippen LogP contribution in [-0.4, -0.2) is 9.55 Å². The van der Waals surface area contributed by atoms with Crippen LogP contribution < -0.4 is 11.2 Å². The molecule has 1 heterocycles. The zero-order valence-corrected chi connectivity index (χ0v) is 10.9. The molecule has 1 aromatic heterocycles. The lowest BCUT2D eigenvalue weighted by molar-refractivity contribution is 0.675. The average Bonchev–Trinajstić information content (AvgIpc) is 2.28. The lowest BCUT2D eigenvalue weighted by Crippen LogP contribution is -2.35. The van der Waals surface area contributed by atoms with E-state index in [1.807, 2.05) is 25.1 Å². The largest absolute Gasteiger partial charge is 0.329 e. The minimum absolute atomic E-state index is 0.0836. The molecule has 4 nitrogen and oxygen atoms in total. The Morgan fingerprint density at radius 3 is 2.67 bits per heavy atom. The predicted octanol–water partition coefficient (Wildman–Crippen LogP) is 2.19. The molecule has 94 valence electrons. The lowest BCUT2D eigenvalue weighted by Gasteiger charge is -2.07. The quantitative estimate of drug-likeness (QED) is 0.846. The second-order valence-corrected chi connectivity index (χ2v) is 4.42. The number of hydrogen-bond donors (Lipinski definition) is 1. The molecule has 0 atom stereocenters. The minimum Gasteiger partial charge on any atom is -0.297 e. The van der Waals surface area contributed by atoms with E-state index >= 15 is 0 Å². The Bertz CT molecular complexity index is 701. The fourth-order valence-corrected chi connectivity index (χ4v) is 2.15. The van der Waals surface area contributed by atoms with Crippen LogP contribution >= 0.6 is 11.6 Å². The van der Waals surface area contributed by atoms with Crippen molar-refractivity contribution in [2.24, 2.45) is 0 Å². The first kappa shape index (κ1) is 12.6. The molecule has 0 fully saturated rings. The molecular weight excluding hydrogens is 252 g/mol. The van der Waals surface area contributed by atoms with Crippen molar-refractivity contribution in [3.05, 3.63) is 55.8 Å². The van der Waals surface area contributed by atoms with Crippen LogP contribution in [0.4, 0.5) is 0 Å². The zero-order chi connectivity index (χ0) is 13.3. The summed E-state index contributed by atoms with van der Waals surface area (Å²) in [7, 11) is 0. The minimum atomic E-state index is -0.482. The number of aromatic amines is 1. The molecule has 0 unspecified atom stereocenters. The summed E-state index contributed by atoms with van der Waals surface area (Å²) >= 11 is 5.98. The Kier molecular flexibility index (Phi) is 3.39. The van der Waals surface area contributed by atoms with Gasteiger partial charge in [0.2, 0.25) is 0 Å². The summed E-state index contributed by atoms with van der Waals surface area (Å²) in [6.07, 6.45) is 0. The second kappa shape index (κ2) is 4.82. The van der Waals surface area contributed by atoms with Crippen molar-refractivity contribution < 1.29 is 0 Å². The number of hydrogen-bond acceptors (Lipinski definition) is 2. The Labute approximate surface area is 109 Å². The molecule has 0 spiro atoms. The van der Waals surface area contributed by atoms with E-state index in [0.717, 1.165) is 10.1 Å². The molecule has 0 aliphatic carbocycles. The van der Waals surface area contributed by atoms with E-state index in [4.69, 9.17) is 11.6 Å².